The van der Waals surface area contributed by atoms with Crippen molar-refractivity contribution < 1.29 is 9.84 Å². The third-order valence-electron chi connectivity index (χ3n) is 3.07. The van der Waals surface area contributed by atoms with Gasteiger partial charge in [0.2, 0.25) is 0 Å². The number of ether oxygens (including phenoxy) is 1. The molecule has 0 spiro atoms. The van der Waals surface area contributed by atoms with Crippen LogP contribution in [0.5, 0.6) is 0 Å². The summed E-state index contributed by atoms with van der Waals surface area (Å²) in [5, 5.41) is 13.1. The highest BCUT2D eigenvalue weighted by atomic mass is 16.5. The second-order valence-electron chi connectivity index (χ2n) is 5.72. The third kappa shape index (κ3) is 12.3. The molecule has 0 saturated carbocycles. The van der Waals surface area contributed by atoms with Gasteiger partial charge in [-0.1, -0.05) is 33.6 Å². The van der Waals surface area contributed by atoms with Crippen LogP contribution in [0, 0.1) is 5.92 Å². The van der Waals surface area contributed by atoms with E-state index in [4.69, 9.17) is 4.74 Å². The first-order valence-corrected chi connectivity index (χ1v) is 7.55. The molecule has 2 atom stereocenters. The summed E-state index contributed by atoms with van der Waals surface area (Å²) in [6, 6.07) is 0.487. The average molecular weight is 259 g/mol. The molecule has 110 valence electrons. The molecule has 0 bridgehead atoms. The van der Waals surface area contributed by atoms with Crippen molar-refractivity contribution in [2.45, 2.75) is 71.9 Å². The van der Waals surface area contributed by atoms with Gasteiger partial charge in [-0.15, -0.1) is 0 Å². The van der Waals surface area contributed by atoms with Crippen LogP contribution in [0.2, 0.25) is 0 Å². The SMILES string of the molecule is CCCCC(C)NCC(O)COCCCC(C)C. The van der Waals surface area contributed by atoms with Gasteiger partial charge in [0.15, 0.2) is 0 Å². The van der Waals surface area contributed by atoms with Crippen LogP contribution in [0.15, 0.2) is 0 Å². The van der Waals surface area contributed by atoms with E-state index in [2.05, 4.69) is 33.0 Å². The minimum atomic E-state index is -0.381. The summed E-state index contributed by atoms with van der Waals surface area (Å²) in [7, 11) is 0. The summed E-state index contributed by atoms with van der Waals surface area (Å²) >= 11 is 0. The Morgan fingerprint density at radius 1 is 1.11 bits per heavy atom. The van der Waals surface area contributed by atoms with Crippen LogP contribution in [-0.4, -0.2) is 37.0 Å². The molecule has 0 aliphatic rings. The monoisotopic (exact) mass is 259 g/mol. The normalized spacial score (nSPS) is 15.0. The second kappa shape index (κ2) is 11.9. The first-order valence-electron chi connectivity index (χ1n) is 7.55. The molecule has 0 saturated heterocycles. The molecule has 0 aliphatic carbocycles. The molecule has 18 heavy (non-hydrogen) atoms. The summed E-state index contributed by atoms with van der Waals surface area (Å²) in [6.07, 6.45) is 5.56. The highest BCUT2D eigenvalue weighted by Crippen LogP contribution is 2.03. The Morgan fingerprint density at radius 2 is 1.83 bits per heavy atom. The topological polar surface area (TPSA) is 41.5 Å². The van der Waals surface area contributed by atoms with E-state index < -0.39 is 0 Å². The van der Waals surface area contributed by atoms with Gasteiger partial charge in [0.25, 0.3) is 0 Å². The smallest absolute Gasteiger partial charge is 0.0897 e. The molecular weight excluding hydrogens is 226 g/mol. The number of aliphatic hydroxyl groups is 1. The maximum atomic E-state index is 9.74. The van der Waals surface area contributed by atoms with Crippen molar-refractivity contribution in [3.05, 3.63) is 0 Å². The molecule has 3 nitrogen and oxygen atoms in total. The number of hydrogen-bond donors (Lipinski definition) is 2. The molecule has 0 heterocycles. The molecule has 2 unspecified atom stereocenters. The van der Waals surface area contributed by atoms with Gasteiger partial charge in [-0.2, -0.15) is 0 Å². The summed E-state index contributed by atoms with van der Waals surface area (Å²) in [4.78, 5) is 0. The average Bonchev–Trinajstić information content (AvgIpc) is 2.33. The van der Waals surface area contributed by atoms with E-state index in [1.54, 1.807) is 0 Å². The predicted molar refractivity (Wildman–Crippen MR) is 77.9 cm³/mol. The van der Waals surface area contributed by atoms with Crippen LogP contribution < -0.4 is 5.32 Å². The van der Waals surface area contributed by atoms with Gasteiger partial charge in [-0.05, 0) is 32.1 Å². The highest BCUT2D eigenvalue weighted by Gasteiger charge is 2.07. The van der Waals surface area contributed by atoms with Crippen LogP contribution >= 0.6 is 0 Å². The Kier molecular flexibility index (Phi) is 11.9. The van der Waals surface area contributed by atoms with Crippen LogP contribution in [0.1, 0.15) is 59.8 Å². The fourth-order valence-electron chi connectivity index (χ4n) is 1.82. The van der Waals surface area contributed by atoms with Gasteiger partial charge in [-0.25, -0.2) is 0 Å². The van der Waals surface area contributed by atoms with Crippen molar-refractivity contribution in [3.63, 3.8) is 0 Å². The molecule has 0 rings (SSSR count). The van der Waals surface area contributed by atoms with E-state index in [0.717, 1.165) is 18.9 Å². The molecule has 3 heteroatoms. The van der Waals surface area contributed by atoms with E-state index in [1.807, 2.05) is 0 Å². The van der Waals surface area contributed by atoms with Crippen LogP contribution in [0.3, 0.4) is 0 Å². The lowest BCUT2D eigenvalue weighted by molar-refractivity contribution is 0.0336. The maximum Gasteiger partial charge on any atom is 0.0897 e. The summed E-state index contributed by atoms with van der Waals surface area (Å²) < 4.78 is 5.47. The lowest BCUT2D eigenvalue weighted by Gasteiger charge is -2.17. The quantitative estimate of drug-likeness (QED) is 0.529. The first-order chi connectivity index (χ1) is 8.56. The van der Waals surface area contributed by atoms with Crippen LogP contribution in [0.25, 0.3) is 0 Å². The fraction of sp³-hybridized carbons (Fsp3) is 1.00. The zero-order valence-electron chi connectivity index (χ0n) is 12.7. The standard InChI is InChI=1S/C15H33NO2/c1-5-6-9-14(4)16-11-15(17)12-18-10-7-8-13(2)3/h13-17H,5-12H2,1-4H3. The van der Waals surface area contributed by atoms with Crippen molar-refractivity contribution >= 4 is 0 Å². The number of aliphatic hydroxyl groups excluding tert-OH is 1. The Hall–Kier alpha value is -0.120. The van der Waals surface area contributed by atoms with E-state index >= 15 is 0 Å². The molecular formula is C15H33NO2. The highest BCUT2D eigenvalue weighted by molar-refractivity contribution is 4.65. The van der Waals surface area contributed by atoms with E-state index in [0.29, 0.717) is 19.2 Å². The summed E-state index contributed by atoms with van der Waals surface area (Å²) in [5.41, 5.74) is 0. The zero-order valence-corrected chi connectivity index (χ0v) is 12.7. The van der Waals surface area contributed by atoms with Crippen LogP contribution in [0.4, 0.5) is 0 Å². The summed E-state index contributed by atoms with van der Waals surface area (Å²) in [5.74, 6) is 0.736. The number of rotatable bonds is 12. The third-order valence-corrected chi connectivity index (χ3v) is 3.07. The van der Waals surface area contributed by atoms with Crippen molar-refractivity contribution in [2.24, 2.45) is 5.92 Å². The Balaban J connectivity index is 3.34. The number of hydrogen-bond acceptors (Lipinski definition) is 3. The molecule has 0 fully saturated rings. The Labute approximate surface area is 113 Å². The molecule has 0 amide bonds. The maximum absolute atomic E-state index is 9.74. The molecule has 0 aliphatic heterocycles. The van der Waals surface area contributed by atoms with Crippen molar-refractivity contribution in [1.29, 1.82) is 0 Å². The van der Waals surface area contributed by atoms with E-state index in [1.165, 1.54) is 25.7 Å². The predicted octanol–water partition coefficient (Wildman–Crippen LogP) is 2.97. The Bertz CT molecular complexity index is 174. The van der Waals surface area contributed by atoms with Gasteiger partial charge in [0, 0.05) is 19.2 Å². The lowest BCUT2D eigenvalue weighted by Crippen LogP contribution is -2.36. The minimum absolute atomic E-state index is 0.381. The molecule has 0 aromatic carbocycles. The van der Waals surface area contributed by atoms with Gasteiger partial charge in [-0.3, -0.25) is 0 Å². The molecule has 2 N–H and O–H groups in total. The van der Waals surface area contributed by atoms with Gasteiger partial charge in [0.1, 0.15) is 0 Å². The molecule has 0 aromatic heterocycles. The van der Waals surface area contributed by atoms with Gasteiger partial charge in [0.05, 0.1) is 12.7 Å². The fourth-order valence-corrected chi connectivity index (χ4v) is 1.82. The number of nitrogens with one attached hydrogen (secondary N) is 1. The van der Waals surface area contributed by atoms with Crippen molar-refractivity contribution in [3.8, 4) is 0 Å². The summed E-state index contributed by atoms with van der Waals surface area (Å²) in [6.45, 7) is 10.7. The number of unbranched alkanes of at least 4 members (excludes halogenated alkanes) is 1. The first kappa shape index (κ1) is 17.9. The van der Waals surface area contributed by atoms with E-state index in [9.17, 15) is 5.11 Å². The van der Waals surface area contributed by atoms with Gasteiger partial charge < -0.3 is 15.2 Å². The zero-order chi connectivity index (χ0) is 13.8. The molecule has 0 aromatic rings. The second-order valence-corrected chi connectivity index (χ2v) is 5.72. The van der Waals surface area contributed by atoms with E-state index in [-0.39, 0.29) is 6.10 Å². The van der Waals surface area contributed by atoms with Crippen LogP contribution in [-0.2, 0) is 4.74 Å². The van der Waals surface area contributed by atoms with Gasteiger partial charge >= 0.3 is 0 Å². The Morgan fingerprint density at radius 3 is 2.44 bits per heavy atom. The minimum Gasteiger partial charge on any atom is -0.389 e. The van der Waals surface area contributed by atoms with Crippen molar-refractivity contribution in [1.82, 2.24) is 5.32 Å². The van der Waals surface area contributed by atoms with Crippen molar-refractivity contribution in [2.75, 3.05) is 19.8 Å². The largest absolute Gasteiger partial charge is 0.389 e. The molecule has 0 radical (unpaired) electrons. The lowest BCUT2D eigenvalue weighted by atomic mass is 10.1.